The van der Waals surface area contributed by atoms with Crippen molar-refractivity contribution in [3.8, 4) is 0 Å². The van der Waals surface area contributed by atoms with Gasteiger partial charge in [-0.15, -0.1) is 22.9 Å². The monoisotopic (exact) mass is 496 g/mol. The van der Waals surface area contributed by atoms with Gasteiger partial charge in [0.2, 0.25) is 5.95 Å². The molecule has 2 heterocycles. The van der Waals surface area contributed by atoms with E-state index < -0.39 is 18.0 Å². The van der Waals surface area contributed by atoms with E-state index in [1.165, 1.54) is 7.11 Å². The molecule has 0 saturated heterocycles. The fourth-order valence-corrected chi connectivity index (χ4v) is 6.14. The summed E-state index contributed by atoms with van der Waals surface area (Å²) in [6, 6.07) is 2.08. The largest absolute Gasteiger partial charge is 0.465 e. The third-order valence-electron chi connectivity index (χ3n) is 6.65. The number of halogens is 2. The molecule has 0 bridgehead atoms. The Kier molecular flexibility index (Phi) is 10.1. The molecule has 5 nitrogen and oxygen atoms in total. The summed E-state index contributed by atoms with van der Waals surface area (Å²) in [6.07, 6.45) is 12.6. The number of carbonyl (C=O) groups is 1. The fourth-order valence-electron chi connectivity index (χ4n) is 4.78. The van der Waals surface area contributed by atoms with Crippen LogP contribution in [0.4, 0.5) is 4.39 Å². The second-order valence-electron chi connectivity index (χ2n) is 8.95. The zero-order chi connectivity index (χ0) is 23.8. The quantitative estimate of drug-likeness (QED) is 0.276. The number of nitrogens with zero attached hydrogens (tertiary/aromatic N) is 2. The Morgan fingerprint density at radius 1 is 1.30 bits per heavy atom. The molecule has 1 N–H and O–H groups in total. The second-order valence-corrected chi connectivity index (χ2v) is 10.6. The van der Waals surface area contributed by atoms with Crippen molar-refractivity contribution in [2.24, 2.45) is 11.8 Å². The third kappa shape index (κ3) is 7.20. The van der Waals surface area contributed by atoms with Gasteiger partial charge in [0, 0.05) is 17.8 Å². The number of carbonyl (C=O) groups excluding carboxylic acids is 1. The van der Waals surface area contributed by atoms with Crippen LogP contribution in [0.2, 0.25) is 0 Å². The Bertz CT molecular complexity index is 910. The van der Waals surface area contributed by atoms with Gasteiger partial charge in [-0.05, 0) is 74.3 Å². The van der Waals surface area contributed by atoms with Gasteiger partial charge in [-0.3, -0.25) is 4.98 Å². The lowest BCUT2D eigenvalue weighted by Gasteiger charge is -2.22. The normalized spacial score (nSPS) is 21.3. The summed E-state index contributed by atoms with van der Waals surface area (Å²) < 4.78 is 18.5. The number of alkyl halides is 1. The highest BCUT2D eigenvalue weighted by atomic mass is 35.5. The van der Waals surface area contributed by atoms with Gasteiger partial charge in [0.05, 0.1) is 18.2 Å². The van der Waals surface area contributed by atoms with E-state index in [2.05, 4.69) is 27.7 Å². The molecule has 8 heteroatoms. The van der Waals surface area contributed by atoms with E-state index in [1.54, 1.807) is 6.20 Å². The molecule has 33 heavy (non-hydrogen) atoms. The number of ether oxygens (including phenoxy) is 1. The molecule has 2 aromatic rings. The molecule has 1 aliphatic carbocycles. The van der Waals surface area contributed by atoms with Crippen molar-refractivity contribution in [2.45, 2.75) is 82.6 Å². The smallest absolute Gasteiger partial charge is 0.352 e. The van der Waals surface area contributed by atoms with Gasteiger partial charge in [0.15, 0.2) is 4.88 Å². The molecular formula is C25H34ClFN2O3S. The number of rotatable bonds is 12. The SMILES string of the molecule is CCCCC(O)c1cncc(CC[C@H]2C(Cl)CC[C@@H]2CCCc2nc(F)c(C(=O)OC)s2)c1. The van der Waals surface area contributed by atoms with E-state index in [1.807, 2.05) is 6.20 Å². The minimum atomic E-state index is -0.739. The first kappa shape index (κ1) is 26.0. The number of methoxy groups -OCH3 is 1. The maximum atomic E-state index is 13.9. The number of aromatic nitrogens is 2. The van der Waals surface area contributed by atoms with Crippen molar-refractivity contribution in [1.82, 2.24) is 9.97 Å². The van der Waals surface area contributed by atoms with Crippen LogP contribution in [0.3, 0.4) is 0 Å². The summed E-state index contributed by atoms with van der Waals surface area (Å²) in [5, 5.41) is 11.2. The standard InChI is InChI=1S/C25H34ClFN2O3S/c1-3-4-7-21(30)18-13-16(14-28-15-18)9-11-19-17(10-12-20(19)26)6-5-8-22-29-24(27)23(33-22)25(31)32-2/h13-15,17,19-21,30H,3-12H2,1-2H3/t17-,19+,20?,21?/m0/s1. The number of hydrogen-bond donors (Lipinski definition) is 1. The first-order valence-electron chi connectivity index (χ1n) is 11.9. The number of pyridine rings is 1. The highest BCUT2D eigenvalue weighted by Gasteiger charge is 2.34. The molecule has 182 valence electrons. The maximum absolute atomic E-state index is 13.9. The molecule has 1 fully saturated rings. The lowest BCUT2D eigenvalue weighted by Crippen LogP contribution is -2.16. The number of thiazole rings is 1. The fraction of sp³-hybridized carbons (Fsp3) is 0.640. The third-order valence-corrected chi connectivity index (χ3v) is 8.26. The van der Waals surface area contributed by atoms with Gasteiger partial charge in [-0.25, -0.2) is 9.78 Å². The van der Waals surface area contributed by atoms with Crippen LogP contribution in [-0.2, 0) is 17.6 Å². The first-order valence-corrected chi connectivity index (χ1v) is 13.2. The highest BCUT2D eigenvalue weighted by molar-refractivity contribution is 7.13. The number of aliphatic hydroxyl groups is 1. The lowest BCUT2D eigenvalue weighted by atomic mass is 9.86. The van der Waals surface area contributed by atoms with Gasteiger partial charge >= 0.3 is 5.97 Å². The molecular weight excluding hydrogens is 463 g/mol. The van der Waals surface area contributed by atoms with Crippen molar-refractivity contribution >= 4 is 28.9 Å². The molecule has 2 unspecified atom stereocenters. The number of hydrogen-bond acceptors (Lipinski definition) is 6. The molecule has 3 rings (SSSR count). The van der Waals surface area contributed by atoms with Crippen LogP contribution in [0.15, 0.2) is 18.5 Å². The Morgan fingerprint density at radius 2 is 2.12 bits per heavy atom. The molecule has 4 atom stereocenters. The lowest BCUT2D eigenvalue weighted by molar-refractivity contribution is 0.0601. The summed E-state index contributed by atoms with van der Waals surface area (Å²) in [7, 11) is 1.24. The van der Waals surface area contributed by atoms with Crippen molar-refractivity contribution in [2.75, 3.05) is 7.11 Å². The minimum Gasteiger partial charge on any atom is -0.465 e. The van der Waals surface area contributed by atoms with Gasteiger partial charge < -0.3 is 9.84 Å². The van der Waals surface area contributed by atoms with Gasteiger partial charge in [0.25, 0.3) is 0 Å². The number of aliphatic hydroxyl groups excluding tert-OH is 1. The van der Waals surface area contributed by atoms with Crippen LogP contribution in [-0.4, -0.2) is 33.5 Å². The van der Waals surface area contributed by atoms with Gasteiger partial charge in [-0.2, -0.15) is 4.39 Å². The highest BCUT2D eigenvalue weighted by Crippen LogP contribution is 2.41. The Hall–Kier alpha value is -1.57. The summed E-state index contributed by atoms with van der Waals surface area (Å²) in [6.45, 7) is 2.12. The number of esters is 1. The van der Waals surface area contributed by atoms with Crippen molar-refractivity contribution in [3.05, 3.63) is 45.4 Å². The number of aryl methyl sites for hydroxylation is 2. The minimum absolute atomic E-state index is 0.0530. The molecule has 1 aliphatic rings. The average molecular weight is 497 g/mol. The molecule has 0 aromatic carbocycles. The molecule has 1 saturated carbocycles. The number of unbranched alkanes of at least 4 members (excludes halogenated alkanes) is 1. The Balaban J connectivity index is 1.51. The van der Waals surface area contributed by atoms with E-state index in [4.69, 9.17) is 11.6 Å². The molecule has 0 amide bonds. The van der Waals surface area contributed by atoms with Crippen LogP contribution in [0.1, 0.15) is 90.2 Å². The van der Waals surface area contributed by atoms with E-state index in [-0.39, 0.29) is 10.3 Å². The second kappa shape index (κ2) is 12.8. The van der Waals surface area contributed by atoms with Crippen LogP contribution < -0.4 is 0 Å². The van der Waals surface area contributed by atoms with E-state index in [0.29, 0.717) is 23.3 Å². The van der Waals surface area contributed by atoms with Crippen LogP contribution in [0, 0.1) is 17.8 Å². The molecule has 0 radical (unpaired) electrons. The molecule has 0 aliphatic heterocycles. The predicted molar refractivity (Wildman–Crippen MR) is 129 cm³/mol. The van der Waals surface area contributed by atoms with Crippen LogP contribution in [0.5, 0.6) is 0 Å². The maximum Gasteiger partial charge on any atom is 0.352 e. The topological polar surface area (TPSA) is 72.3 Å². The van der Waals surface area contributed by atoms with Gasteiger partial charge in [-0.1, -0.05) is 25.8 Å². The summed E-state index contributed by atoms with van der Waals surface area (Å²) in [5.41, 5.74) is 2.04. The summed E-state index contributed by atoms with van der Waals surface area (Å²) in [4.78, 5) is 19.8. The van der Waals surface area contributed by atoms with Crippen LogP contribution in [0.25, 0.3) is 0 Å². The van der Waals surface area contributed by atoms with E-state index in [9.17, 15) is 14.3 Å². The van der Waals surface area contributed by atoms with E-state index in [0.717, 1.165) is 80.3 Å². The summed E-state index contributed by atoms with van der Waals surface area (Å²) >= 11 is 7.76. The van der Waals surface area contributed by atoms with Crippen molar-refractivity contribution < 1.29 is 19.0 Å². The van der Waals surface area contributed by atoms with Crippen LogP contribution >= 0.6 is 22.9 Å². The Morgan fingerprint density at radius 3 is 2.88 bits per heavy atom. The van der Waals surface area contributed by atoms with E-state index >= 15 is 0 Å². The predicted octanol–water partition coefficient (Wildman–Crippen LogP) is 6.28. The summed E-state index contributed by atoms with van der Waals surface area (Å²) in [5.74, 6) is -0.451. The first-order chi connectivity index (χ1) is 15.9. The van der Waals surface area contributed by atoms with Crippen molar-refractivity contribution in [1.29, 1.82) is 0 Å². The average Bonchev–Trinajstić information content (AvgIpc) is 3.37. The van der Waals surface area contributed by atoms with Crippen molar-refractivity contribution in [3.63, 3.8) is 0 Å². The Labute approximate surface area is 204 Å². The molecule has 2 aromatic heterocycles. The zero-order valence-corrected chi connectivity index (χ0v) is 21.0. The molecule has 0 spiro atoms. The zero-order valence-electron chi connectivity index (χ0n) is 19.4. The van der Waals surface area contributed by atoms with Gasteiger partial charge in [0.1, 0.15) is 0 Å².